The van der Waals surface area contributed by atoms with Crippen LogP contribution < -0.4 is 14.4 Å². The SMILES string of the molecule is CC[C@H](C)NC(=O)[C@@H](C)N(Cc1ccccc1F)C(=O)CN(c1ccc(OC)cc1)S(C)(=O)=O. The zero-order chi connectivity index (χ0) is 25.5. The number of ether oxygens (including phenoxy) is 1. The van der Waals surface area contributed by atoms with E-state index in [9.17, 15) is 22.4 Å². The third kappa shape index (κ3) is 7.18. The monoisotopic (exact) mass is 493 g/mol. The fraction of sp³-hybridized carbons (Fsp3) is 0.417. The van der Waals surface area contributed by atoms with Gasteiger partial charge < -0.3 is 15.0 Å². The minimum Gasteiger partial charge on any atom is -0.497 e. The van der Waals surface area contributed by atoms with Crippen LogP contribution >= 0.6 is 0 Å². The second-order valence-electron chi connectivity index (χ2n) is 8.07. The molecule has 8 nitrogen and oxygen atoms in total. The van der Waals surface area contributed by atoms with Crippen molar-refractivity contribution in [2.24, 2.45) is 0 Å². The predicted octanol–water partition coefficient (Wildman–Crippen LogP) is 2.93. The molecule has 2 amide bonds. The van der Waals surface area contributed by atoms with Gasteiger partial charge in [0.05, 0.1) is 19.1 Å². The van der Waals surface area contributed by atoms with Gasteiger partial charge in [-0.15, -0.1) is 0 Å². The molecule has 1 N–H and O–H groups in total. The van der Waals surface area contributed by atoms with Gasteiger partial charge in [0.1, 0.15) is 24.2 Å². The Morgan fingerprint density at radius 2 is 1.71 bits per heavy atom. The summed E-state index contributed by atoms with van der Waals surface area (Å²) in [6, 6.07) is 11.1. The van der Waals surface area contributed by atoms with E-state index in [-0.39, 0.29) is 23.8 Å². The highest BCUT2D eigenvalue weighted by atomic mass is 32.2. The number of nitrogens with zero attached hydrogens (tertiary/aromatic N) is 2. The van der Waals surface area contributed by atoms with Crippen LogP contribution in [0.3, 0.4) is 0 Å². The topological polar surface area (TPSA) is 96.0 Å². The van der Waals surface area contributed by atoms with Crippen molar-refractivity contribution in [1.82, 2.24) is 10.2 Å². The van der Waals surface area contributed by atoms with Gasteiger partial charge in [0.15, 0.2) is 0 Å². The molecule has 0 aliphatic rings. The number of nitrogens with one attached hydrogen (secondary N) is 1. The van der Waals surface area contributed by atoms with E-state index in [4.69, 9.17) is 4.74 Å². The highest BCUT2D eigenvalue weighted by molar-refractivity contribution is 7.92. The van der Waals surface area contributed by atoms with Crippen LogP contribution in [-0.2, 0) is 26.2 Å². The summed E-state index contributed by atoms with van der Waals surface area (Å²) in [7, 11) is -2.36. The summed E-state index contributed by atoms with van der Waals surface area (Å²) < 4.78 is 45.5. The van der Waals surface area contributed by atoms with Gasteiger partial charge in [0.2, 0.25) is 21.8 Å². The molecule has 0 aliphatic carbocycles. The molecule has 0 fully saturated rings. The van der Waals surface area contributed by atoms with Crippen molar-refractivity contribution in [3.05, 3.63) is 59.9 Å². The zero-order valence-corrected chi connectivity index (χ0v) is 20.9. The fourth-order valence-corrected chi connectivity index (χ4v) is 4.07. The van der Waals surface area contributed by atoms with Gasteiger partial charge in [0, 0.05) is 18.2 Å². The first-order valence-electron chi connectivity index (χ1n) is 10.9. The Morgan fingerprint density at radius 1 is 1.09 bits per heavy atom. The number of carbonyl (C=O) groups is 2. The van der Waals surface area contributed by atoms with Crippen LogP contribution in [0.5, 0.6) is 5.75 Å². The maximum absolute atomic E-state index is 14.4. The maximum Gasteiger partial charge on any atom is 0.244 e. The number of methoxy groups -OCH3 is 1. The molecule has 0 aromatic heterocycles. The Bertz CT molecular complexity index is 1090. The largest absolute Gasteiger partial charge is 0.497 e. The van der Waals surface area contributed by atoms with Crippen LogP contribution in [0.4, 0.5) is 10.1 Å². The van der Waals surface area contributed by atoms with E-state index in [0.29, 0.717) is 12.2 Å². The summed E-state index contributed by atoms with van der Waals surface area (Å²) in [6.45, 7) is 4.54. The molecule has 0 bridgehead atoms. The van der Waals surface area contributed by atoms with Crippen molar-refractivity contribution in [3.63, 3.8) is 0 Å². The molecule has 0 unspecified atom stereocenters. The molecule has 10 heteroatoms. The van der Waals surface area contributed by atoms with Crippen LogP contribution in [0.1, 0.15) is 32.8 Å². The Hall–Kier alpha value is -3.14. The number of rotatable bonds is 11. The number of sulfonamides is 1. The summed E-state index contributed by atoms with van der Waals surface area (Å²) in [5.74, 6) is -1.05. The molecule has 186 valence electrons. The summed E-state index contributed by atoms with van der Waals surface area (Å²) in [4.78, 5) is 27.4. The lowest BCUT2D eigenvalue weighted by Crippen LogP contribution is -2.52. The average molecular weight is 494 g/mol. The second-order valence-corrected chi connectivity index (χ2v) is 9.98. The number of hydrogen-bond donors (Lipinski definition) is 1. The summed E-state index contributed by atoms with van der Waals surface area (Å²) in [5, 5.41) is 2.82. The molecule has 0 spiro atoms. The maximum atomic E-state index is 14.4. The predicted molar refractivity (Wildman–Crippen MR) is 129 cm³/mol. The zero-order valence-electron chi connectivity index (χ0n) is 20.1. The second kappa shape index (κ2) is 11.8. The van der Waals surface area contributed by atoms with E-state index >= 15 is 0 Å². The highest BCUT2D eigenvalue weighted by Gasteiger charge is 2.31. The lowest BCUT2D eigenvalue weighted by Gasteiger charge is -2.32. The average Bonchev–Trinajstić information content (AvgIpc) is 2.80. The molecule has 34 heavy (non-hydrogen) atoms. The van der Waals surface area contributed by atoms with Crippen molar-refractivity contribution in [2.45, 2.75) is 45.8 Å². The number of halogens is 1. The van der Waals surface area contributed by atoms with Crippen LogP contribution in [-0.4, -0.2) is 57.1 Å². The van der Waals surface area contributed by atoms with Gasteiger partial charge in [-0.25, -0.2) is 12.8 Å². The molecular weight excluding hydrogens is 461 g/mol. The summed E-state index contributed by atoms with van der Waals surface area (Å²) in [5.41, 5.74) is 0.480. The van der Waals surface area contributed by atoms with E-state index < -0.39 is 40.2 Å². The minimum atomic E-state index is -3.85. The fourth-order valence-electron chi connectivity index (χ4n) is 3.22. The molecule has 2 atom stereocenters. The Labute approximate surface area is 200 Å². The van der Waals surface area contributed by atoms with E-state index in [2.05, 4.69) is 5.32 Å². The molecule has 0 heterocycles. The first kappa shape index (κ1) is 27.1. The summed E-state index contributed by atoms with van der Waals surface area (Å²) in [6.07, 6.45) is 1.68. The van der Waals surface area contributed by atoms with Crippen molar-refractivity contribution in [3.8, 4) is 5.75 Å². The Balaban J connectivity index is 2.39. The number of hydrogen-bond acceptors (Lipinski definition) is 5. The quantitative estimate of drug-likeness (QED) is 0.519. The smallest absolute Gasteiger partial charge is 0.244 e. The van der Waals surface area contributed by atoms with Gasteiger partial charge in [-0.05, 0) is 50.6 Å². The van der Waals surface area contributed by atoms with Crippen LogP contribution in [0.2, 0.25) is 0 Å². The van der Waals surface area contributed by atoms with Crippen LogP contribution in [0, 0.1) is 5.82 Å². The normalized spacial score (nSPS) is 13.0. The van der Waals surface area contributed by atoms with Crippen LogP contribution in [0.15, 0.2) is 48.5 Å². The molecule has 0 radical (unpaired) electrons. The van der Waals surface area contributed by atoms with E-state index in [0.717, 1.165) is 10.6 Å². The molecule has 0 saturated carbocycles. The lowest BCUT2D eigenvalue weighted by atomic mass is 10.1. The third-order valence-corrected chi connectivity index (χ3v) is 6.65. The first-order valence-corrected chi connectivity index (χ1v) is 12.8. The van der Waals surface area contributed by atoms with Crippen molar-refractivity contribution in [2.75, 3.05) is 24.2 Å². The van der Waals surface area contributed by atoms with Crippen molar-refractivity contribution >= 4 is 27.5 Å². The Kier molecular flexibility index (Phi) is 9.43. The van der Waals surface area contributed by atoms with Gasteiger partial charge in [-0.1, -0.05) is 25.1 Å². The van der Waals surface area contributed by atoms with E-state index in [1.807, 2.05) is 13.8 Å². The molecular formula is C24H32FN3O5S. The molecule has 2 aromatic rings. The minimum absolute atomic E-state index is 0.118. The highest BCUT2D eigenvalue weighted by Crippen LogP contribution is 2.22. The first-order chi connectivity index (χ1) is 16.0. The molecule has 2 aromatic carbocycles. The van der Waals surface area contributed by atoms with Crippen molar-refractivity contribution < 1.29 is 27.1 Å². The van der Waals surface area contributed by atoms with Crippen LogP contribution in [0.25, 0.3) is 0 Å². The van der Waals surface area contributed by atoms with Crippen molar-refractivity contribution in [1.29, 1.82) is 0 Å². The molecule has 0 aliphatic heterocycles. The van der Waals surface area contributed by atoms with E-state index in [1.165, 1.54) is 49.3 Å². The number of benzene rings is 2. The lowest BCUT2D eigenvalue weighted by molar-refractivity contribution is -0.139. The van der Waals surface area contributed by atoms with Gasteiger partial charge >= 0.3 is 0 Å². The molecule has 0 saturated heterocycles. The Morgan fingerprint density at radius 3 is 2.24 bits per heavy atom. The number of anilines is 1. The standard InChI is InChI=1S/C24H32FN3O5S/c1-6-17(2)26-24(30)18(3)27(15-19-9-7-8-10-22(19)25)23(29)16-28(34(5,31)32)20-11-13-21(33-4)14-12-20/h7-14,17-18H,6,15-16H2,1-5H3,(H,26,30)/t17-,18+/m0/s1. The van der Waals surface area contributed by atoms with E-state index in [1.54, 1.807) is 18.2 Å². The third-order valence-electron chi connectivity index (χ3n) is 5.51. The summed E-state index contributed by atoms with van der Waals surface area (Å²) >= 11 is 0. The van der Waals surface area contributed by atoms with Gasteiger partial charge in [-0.3, -0.25) is 13.9 Å². The van der Waals surface area contributed by atoms with Gasteiger partial charge in [-0.2, -0.15) is 0 Å². The van der Waals surface area contributed by atoms with Gasteiger partial charge in [0.25, 0.3) is 0 Å². The number of amides is 2. The molecule has 2 rings (SSSR count). The number of carbonyl (C=O) groups excluding carboxylic acids is 2.